The Morgan fingerprint density at radius 1 is 1.14 bits per heavy atom. The summed E-state index contributed by atoms with van der Waals surface area (Å²) in [5.74, 6) is -0.192. The number of nitrogens with zero attached hydrogens (tertiary/aromatic N) is 1. The predicted octanol–water partition coefficient (Wildman–Crippen LogP) is 4.06. The number of thiophene rings is 1. The molecule has 0 radical (unpaired) electrons. The van der Waals surface area contributed by atoms with Gasteiger partial charge in [0, 0.05) is 17.3 Å². The highest BCUT2D eigenvalue weighted by Crippen LogP contribution is 2.34. The van der Waals surface area contributed by atoms with Crippen molar-refractivity contribution in [1.82, 2.24) is 4.98 Å². The molecule has 22 heavy (non-hydrogen) atoms. The van der Waals surface area contributed by atoms with Crippen LogP contribution in [0.2, 0.25) is 0 Å². The van der Waals surface area contributed by atoms with Gasteiger partial charge >= 0.3 is 0 Å². The fourth-order valence-corrected chi connectivity index (χ4v) is 3.41. The number of aryl methyl sites for hydroxylation is 3. The predicted molar refractivity (Wildman–Crippen MR) is 92.6 cm³/mol. The zero-order valence-corrected chi connectivity index (χ0v) is 13.5. The first-order valence-electron chi connectivity index (χ1n) is 6.99. The summed E-state index contributed by atoms with van der Waals surface area (Å²) < 4.78 is 0. The number of carbonyl (C=O) groups is 1. The van der Waals surface area contributed by atoms with E-state index in [1.165, 1.54) is 16.9 Å². The maximum absolute atomic E-state index is 12.5. The first-order valence-corrected chi connectivity index (χ1v) is 7.81. The second kappa shape index (κ2) is 5.42. The van der Waals surface area contributed by atoms with E-state index in [-0.39, 0.29) is 5.91 Å². The molecule has 0 aliphatic heterocycles. The molecule has 2 heterocycles. The Balaban J connectivity index is 1.97. The van der Waals surface area contributed by atoms with E-state index in [0.717, 1.165) is 27.0 Å². The summed E-state index contributed by atoms with van der Waals surface area (Å²) in [6, 6.07) is 7.74. The normalized spacial score (nSPS) is 10.9. The van der Waals surface area contributed by atoms with Gasteiger partial charge in [0.25, 0.3) is 5.91 Å². The summed E-state index contributed by atoms with van der Waals surface area (Å²) in [7, 11) is 0. The lowest BCUT2D eigenvalue weighted by Crippen LogP contribution is -2.12. The van der Waals surface area contributed by atoms with Crippen molar-refractivity contribution in [2.45, 2.75) is 20.8 Å². The van der Waals surface area contributed by atoms with Crippen LogP contribution in [0.5, 0.6) is 0 Å². The number of aromatic nitrogens is 1. The second-order valence-corrected chi connectivity index (χ2v) is 6.41. The number of carbonyl (C=O) groups excluding carboxylic acids is 1. The molecule has 3 aromatic rings. The minimum atomic E-state index is -0.192. The Morgan fingerprint density at radius 3 is 2.59 bits per heavy atom. The number of pyridine rings is 1. The van der Waals surface area contributed by atoms with Crippen molar-refractivity contribution in [3.63, 3.8) is 0 Å². The van der Waals surface area contributed by atoms with E-state index in [2.05, 4.69) is 10.3 Å². The number of amides is 1. The second-order valence-electron chi connectivity index (χ2n) is 5.41. The number of rotatable bonds is 2. The van der Waals surface area contributed by atoms with Crippen molar-refractivity contribution in [2.75, 3.05) is 11.1 Å². The Kier molecular flexibility index (Phi) is 3.58. The van der Waals surface area contributed by atoms with Crippen LogP contribution in [0.1, 0.15) is 26.4 Å². The van der Waals surface area contributed by atoms with Crippen molar-refractivity contribution in [1.29, 1.82) is 0 Å². The van der Waals surface area contributed by atoms with Crippen molar-refractivity contribution in [2.24, 2.45) is 0 Å². The van der Waals surface area contributed by atoms with Crippen LogP contribution in [0.3, 0.4) is 0 Å². The first-order chi connectivity index (χ1) is 10.5. The summed E-state index contributed by atoms with van der Waals surface area (Å²) in [6.07, 6.45) is 1.73. The number of nitrogens with one attached hydrogen (secondary N) is 1. The van der Waals surface area contributed by atoms with Gasteiger partial charge in [-0.25, -0.2) is 4.98 Å². The molecular formula is C17H17N3OS. The number of benzene rings is 1. The lowest BCUT2D eigenvalue weighted by atomic mass is 10.1. The molecule has 0 saturated carbocycles. The molecule has 1 amide bonds. The molecule has 3 rings (SSSR count). The Bertz CT molecular complexity index is 883. The number of anilines is 2. The molecular weight excluding hydrogens is 294 g/mol. The number of nitrogens with two attached hydrogens (primary N) is 1. The summed E-state index contributed by atoms with van der Waals surface area (Å²) in [5, 5.41) is 3.78. The number of hydrogen-bond donors (Lipinski definition) is 2. The summed E-state index contributed by atoms with van der Waals surface area (Å²) in [6.45, 7) is 6.03. The van der Waals surface area contributed by atoms with E-state index in [0.29, 0.717) is 10.6 Å². The van der Waals surface area contributed by atoms with Gasteiger partial charge in [-0.15, -0.1) is 11.3 Å². The van der Waals surface area contributed by atoms with Crippen molar-refractivity contribution in [3.8, 4) is 0 Å². The topological polar surface area (TPSA) is 68.0 Å². The monoisotopic (exact) mass is 311 g/mol. The number of fused-ring (bicyclic) bond motifs is 1. The van der Waals surface area contributed by atoms with Gasteiger partial charge in [-0.05, 0) is 55.7 Å². The van der Waals surface area contributed by atoms with Gasteiger partial charge in [0.15, 0.2) is 0 Å². The van der Waals surface area contributed by atoms with Crippen LogP contribution in [0.15, 0.2) is 30.5 Å². The van der Waals surface area contributed by atoms with E-state index in [9.17, 15) is 4.79 Å². The molecule has 112 valence electrons. The van der Waals surface area contributed by atoms with Crippen molar-refractivity contribution < 1.29 is 4.79 Å². The molecule has 0 aliphatic carbocycles. The molecule has 0 spiro atoms. The zero-order valence-electron chi connectivity index (χ0n) is 12.7. The van der Waals surface area contributed by atoms with Gasteiger partial charge in [0.2, 0.25) is 0 Å². The lowest BCUT2D eigenvalue weighted by molar-refractivity contribution is 0.103. The fraction of sp³-hybridized carbons (Fsp3) is 0.176. The smallest absolute Gasteiger partial charge is 0.267 e. The van der Waals surface area contributed by atoms with E-state index in [4.69, 9.17) is 5.73 Å². The highest BCUT2D eigenvalue weighted by molar-refractivity contribution is 7.21. The number of nitrogen functional groups attached to an aromatic ring is 1. The van der Waals surface area contributed by atoms with Gasteiger partial charge in [-0.1, -0.05) is 6.07 Å². The zero-order chi connectivity index (χ0) is 15.9. The minimum Gasteiger partial charge on any atom is -0.397 e. The number of hydrogen-bond acceptors (Lipinski definition) is 4. The maximum Gasteiger partial charge on any atom is 0.267 e. The van der Waals surface area contributed by atoms with Crippen LogP contribution in [0.4, 0.5) is 11.4 Å². The molecule has 1 aromatic carbocycles. The third-order valence-corrected chi connectivity index (χ3v) is 4.92. The van der Waals surface area contributed by atoms with E-state index >= 15 is 0 Å². The molecule has 3 N–H and O–H groups in total. The third kappa shape index (κ3) is 2.44. The molecule has 0 unspecified atom stereocenters. The summed E-state index contributed by atoms with van der Waals surface area (Å²) >= 11 is 1.32. The van der Waals surface area contributed by atoms with Gasteiger partial charge in [-0.2, -0.15) is 0 Å². The lowest BCUT2D eigenvalue weighted by Gasteiger charge is -2.07. The molecule has 4 nitrogen and oxygen atoms in total. The van der Waals surface area contributed by atoms with Crippen molar-refractivity contribution in [3.05, 3.63) is 52.0 Å². The molecule has 5 heteroatoms. The Labute approximate surface area is 133 Å². The van der Waals surface area contributed by atoms with Crippen LogP contribution < -0.4 is 11.1 Å². The van der Waals surface area contributed by atoms with Crippen LogP contribution in [-0.2, 0) is 0 Å². The maximum atomic E-state index is 12.5. The minimum absolute atomic E-state index is 0.192. The highest BCUT2D eigenvalue weighted by Gasteiger charge is 2.18. The Morgan fingerprint density at radius 2 is 1.91 bits per heavy atom. The first kappa shape index (κ1) is 14.5. The molecule has 2 aromatic heterocycles. The average molecular weight is 311 g/mol. The quantitative estimate of drug-likeness (QED) is 0.750. The van der Waals surface area contributed by atoms with Gasteiger partial charge in [0.05, 0.1) is 5.69 Å². The molecule has 0 aliphatic rings. The summed E-state index contributed by atoms with van der Waals surface area (Å²) in [5.41, 5.74) is 10.8. The van der Waals surface area contributed by atoms with E-state index < -0.39 is 0 Å². The standard InChI is InChI=1S/C17H17N3OS/c1-9-4-5-12(8-11(9)3)20-16(21)15-14(18)13-10(2)6-7-19-17(13)22-15/h4-8H,18H2,1-3H3,(H,20,21). The van der Waals surface area contributed by atoms with Gasteiger partial charge in [0.1, 0.15) is 9.71 Å². The molecule has 0 atom stereocenters. The van der Waals surface area contributed by atoms with Gasteiger partial charge < -0.3 is 11.1 Å². The largest absolute Gasteiger partial charge is 0.397 e. The molecule has 0 saturated heterocycles. The van der Waals surface area contributed by atoms with E-state index in [1.54, 1.807) is 6.20 Å². The molecule has 0 fully saturated rings. The Hall–Kier alpha value is -2.40. The van der Waals surface area contributed by atoms with Gasteiger partial charge in [-0.3, -0.25) is 4.79 Å². The highest BCUT2D eigenvalue weighted by atomic mass is 32.1. The van der Waals surface area contributed by atoms with Crippen LogP contribution in [0.25, 0.3) is 10.2 Å². The van der Waals surface area contributed by atoms with Crippen molar-refractivity contribution >= 4 is 38.8 Å². The van der Waals surface area contributed by atoms with Crippen LogP contribution in [-0.4, -0.2) is 10.9 Å². The third-order valence-electron chi connectivity index (χ3n) is 3.81. The average Bonchev–Trinajstić information content (AvgIpc) is 2.81. The summed E-state index contributed by atoms with van der Waals surface area (Å²) in [4.78, 5) is 18.1. The molecule has 0 bridgehead atoms. The van der Waals surface area contributed by atoms with Crippen LogP contribution in [0, 0.1) is 20.8 Å². The fourth-order valence-electron chi connectivity index (χ4n) is 2.38. The SMILES string of the molecule is Cc1ccc(NC(=O)c2sc3nccc(C)c3c2N)cc1C. The van der Waals surface area contributed by atoms with Crippen LogP contribution >= 0.6 is 11.3 Å². The van der Waals surface area contributed by atoms with E-state index in [1.807, 2.05) is 45.0 Å².